The molecule has 0 heterocycles. The zero-order valence-electron chi connectivity index (χ0n) is 11.3. The first kappa shape index (κ1) is 12.2. The molecule has 18 heavy (non-hydrogen) atoms. The lowest BCUT2D eigenvalue weighted by Gasteiger charge is -2.49. The van der Waals surface area contributed by atoms with E-state index in [0.717, 1.165) is 0 Å². The maximum atomic E-state index is 6.93. The van der Waals surface area contributed by atoms with Crippen LogP contribution in [0.2, 0.25) is 0 Å². The van der Waals surface area contributed by atoms with E-state index in [9.17, 15) is 0 Å². The van der Waals surface area contributed by atoms with Crippen molar-refractivity contribution in [2.45, 2.75) is 68.7 Å². The molecule has 98 valence electrons. The van der Waals surface area contributed by atoms with Crippen molar-refractivity contribution in [3.8, 4) is 0 Å². The molecule has 0 aliphatic heterocycles. The molecule has 2 N–H and O–H groups in total. The summed E-state index contributed by atoms with van der Waals surface area (Å²) in [5.74, 6) is 0. The fourth-order valence-electron chi connectivity index (χ4n) is 4.47. The second kappa shape index (κ2) is 4.70. The minimum Gasteiger partial charge on any atom is -0.324 e. The van der Waals surface area contributed by atoms with Crippen LogP contribution in [-0.2, 0) is 5.41 Å². The van der Waals surface area contributed by atoms with Crippen LogP contribution in [-0.4, -0.2) is 5.54 Å². The van der Waals surface area contributed by atoms with Crippen LogP contribution in [0.25, 0.3) is 0 Å². The van der Waals surface area contributed by atoms with Gasteiger partial charge in [0.1, 0.15) is 0 Å². The third-order valence-corrected chi connectivity index (χ3v) is 5.48. The van der Waals surface area contributed by atoms with Crippen LogP contribution in [0.1, 0.15) is 63.4 Å². The van der Waals surface area contributed by atoms with Crippen molar-refractivity contribution in [3.05, 3.63) is 35.9 Å². The lowest BCUT2D eigenvalue weighted by molar-refractivity contribution is 0.157. The summed E-state index contributed by atoms with van der Waals surface area (Å²) in [6, 6.07) is 11.1. The molecular formula is C17H25N. The summed E-state index contributed by atoms with van der Waals surface area (Å²) in [5.41, 5.74) is 8.77. The topological polar surface area (TPSA) is 26.0 Å². The van der Waals surface area contributed by atoms with Gasteiger partial charge in [0.05, 0.1) is 0 Å². The van der Waals surface area contributed by atoms with Crippen molar-refractivity contribution in [1.82, 2.24) is 0 Å². The molecule has 2 aliphatic rings. The maximum Gasteiger partial charge on any atom is 0.0252 e. The van der Waals surface area contributed by atoms with E-state index < -0.39 is 0 Å². The van der Waals surface area contributed by atoms with Crippen molar-refractivity contribution in [1.29, 1.82) is 0 Å². The molecule has 0 bridgehead atoms. The lowest BCUT2D eigenvalue weighted by Crippen LogP contribution is -2.58. The number of rotatable bonds is 2. The minimum absolute atomic E-state index is 0.0586. The Bertz CT molecular complexity index is 383. The minimum atomic E-state index is 0.0586. The van der Waals surface area contributed by atoms with Crippen molar-refractivity contribution in [2.24, 2.45) is 5.73 Å². The highest BCUT2D eigenvalue weighted by Crippen LogP contribution is 2.52. The molecule has 1 aromatic rings. The van der Waals surface area contributed by atoms with Gasteiger partial charge in [-0.25, -0.2) is 0 Å². The fourth-order valence-corrected chi connectivity index (χ4v) is 4.47. The van der Waals surface area contributed by atoms with E-state index in [0.29, 0.717) is 0 Å². The first-order chi connectivity index (χ1) is 8.77. The predicted molar refractivity (Wildman–Crippen MR) is 76.6 cm³/mol. The Balaban J connectivity index is 2.01. The van der Waals surface area contributed by atoms with Crippen LogP contribution in [0, 0.1) is 0 Å². The molecule has 0 aromatic heterocycles. The van der Waals surface area contributed by atoms with E-state index in [1.807, 2.05) is 0 Å². The van der Waals surface area contributed by atoms with Crippen LogP contribution >= 0.6 is 0 Å². The molecular weight excluding hydrogens is 218 g/mol. The SMILES string of the molecule is NC1(C2(c3ccccc3)CCCC2)CCCCC1. The van der Waals surface area contributed by atoms with Crippen LogP contribution in [0.4, 0.5) is 0 Å². The molecule has 2 aliphatic carbocycles. The summed E-state index contributed by atoms with van der Waals surface area (Å²) in [6.07, 6.45) is 11.8. The Morgan fingerprint density at radius 2 is 1.28 bits per heavy atom. The summed E-state index contributed by atoms with van der Waals surface area (Å²) in [6.45, 7) is 0. The van der Waals surface area contributed by atoms with Gasteiger partial charge in [-0.15, -0.1) is 0 Å². The quantitative estimate of drug-likeness (QED) is 0.829. The monoisotopic (exact) mass is 243 g/mol. The Morgan fingerprint density at radius 1 is 0.722 bits per heavy atom. The normalized spacial score (nSPS) is 26.1. The standard InChI is InChI=1S/C17H25N/c18-17(13-5-2-6-14-17)16(11-7-8-12-16)15-9-3-1-4-10-15/h1,3-4,9-10H,2,5-8,11-14,18H2. The van der Waals surface area contributed by atoms with Gasteiger partial charge in [0.25, 0.3) is 0 Å². The highest BCUT2D eigenvalue weighted by atomic mass is 14.8. The third-order valence-electron chi connectivity index (χ3n) is 5.48. The third kappa shape index (κ3) is 1.80. The average Bonchev–Trinajstić information content (AvgIpc) is 2.92. The van der Waals surface area contributed by atoms with Crippen molar-refractivity contribution in [3.63, 3.8) is 0 Å². The van der Waals surface area contributed by atoms with Crippen LogP contribution in [0.3, 0.4) is 0 Å². The summed E-state index contributed by atoms with van der Waals surface area (Å²) < 4.78 is 0. The summed E-state index contributed by atoms with van der Waals surface area (Å²) in [4.78, 5) is 0. The van der Waals surface area contributed by atoms with Gasteiger partial charge in [0.15, 0.2) is 0 Å². The van der Waals surface area contributed by atoms with E-state index in [1.165, 1.54) is 63.4 Å². The molecule has 1 nitrogen and oxygen atoms in total. The van der Waals surface area contributed by atoms with Gasteiger partial charge in [0.2, 0.25) is 0 Å². The zero-order chi connectivity index (χ0) is 12.5. The molecule has 2 fully saturated rings. The molecule has 1 heteroatoms. The number of hydrogen-bond acceptors (Lipinski definition) is 1. The Morgan fingerprint density at radius 3 is 1.89 bits per heavy atom. The first-order valence-electron chi connectivity index (χ1n) is 7.61. The van der Waals surface area contributed by atoms with E-state index in [1.54, 1.807) is 0 Å². The second-order valence-corrected chi connectivity index (χ2v) is 6.37. The van der Waals surface area contributed by atoms with Crippen molar-refractivity contribution in [2.75, 3.05) is 0 Å². The summed E-state index contributed by atoms with van der Waals surface area (Å²) in [5, 5.41) is 0. The van der Waals surface area contributed by atoms with Gasteiger partial charge in [-0.3, -0.25) is 0 Å². The van der Waals surface area contributed by atoms with Gasteiger partial charge in [0, 0.05) is 11.0 Å². The zero-order valence-corrected chi connectivity index (χ0v) is 11.3. The van der Waals surface area contributed by atoms with Crippen LogP contribution in [0.5, 0.6) is 0 Å². The smallest absolute Gasteiger partial charge is 0.0252 e. The predicted octanol–water partition coefficient (Wildman–Crippen LogP) is 4.16. The number of benzene rings is 1. The number of nitrogens with two attached hydrogens (primary N) is 1. The number of hydrogen-bond donors (Lipinski definition) is 1. The fraction of sp³-hybridized carbons (Fsp3) is 0.647. The average molecular weight is 243 g/mol. The van der Waals surface area contributed by atoms with E-state index >= 15 is 0 Å². The van der Waals surface area contributed by atoms with Gasteiger partial charge >= 0.3 is 0 Å². The van der Waals surface area contributed by atoms with Gasteiger partial charge in [-0.1, -0.05) is 62.4 Å². The van der Waals surface area contributed by atoms with Crippen molar-refractivity contribution >= 4 is 0 Å². The largest absolute Gasteiger partial charge is 0.324 e. The molecule has 0 unspecified atom stereocenters. The van der Waals surface area contributed by atoms with Crippen LogP contribution in [0.15, 0.2) is 30.3 Å². The first-order valence-corrected chi connectivity index (χ1v) is 7.61. The van der Waals surface area contributed by atoms with E-state index in [-0.39, 0.29) is 11.0 Å². The maximum absolute atomic E-state index is 6.93. The second-order valence-electron chi connectivity index (χ2n) is 6.37. The van der Waals surface area contributed by atoms with E-state index in [4.69, 9.17) is 5.73 Å². The molecule has 0 amide bonds. The van der Waals surface area contributed by atoms with Gasteiger partial charge in [-0.05, 0) is 31.2 Å². The molecule has 0 spiro atoms. The molecule has 1 aromatic carbocycles. The highest BCUT2D eigenvalue weighted by molar-refractivity contribution is 5.32. The molecule has 0 atom stereocenters. The molecule has 2 saturated carbocycles. The van der Waals surface area contributed by atoms with Gasteiger partial charge < -0.3 is 5.73 Å². The summed E-state index contributed by atoms with van der Waals surface area (Å²) >= 11 is 0. The Labute approximate surface area is 111 Å². The summed E-state index contributed by atoms with van der Waals surface area (Å²) in [7, 11) is 0. The molecule has 0 saturated heterocycles. The lowest BCUT2D eigenvalue weighted by atomic mass is 9.59. The van der Waals surface area contributed by atoms with E-state index in [2.05, 4.69) is 30.3 Å². The Kier molecular flexibility index (Phi) is 3.19. The van der Waals surface area contributed by atoms with Crippen molar-refractivity contribution < 1.29 is 0 Å². The molecule has 3 rings (SSSR count). The van der Waals surface area contributed by atoms with Crippen LogP contribution < -0.4 is 5.73 Å². The Hall–Kier alpha value is -0.820. The highest BCUT2D eigenvalue weighted by Gasteiger charge is 2.51. The van der Waals surface area contributed by atoms with Gasteiger partial charge in [-0.2, -0.15) is 0 Å². The molecule has 0 radical (unpaired) electrons.